The average Bonchev–Trinajstić information content (AvgIpc) is 2.65. The van der Waals surface area contributed by atoms with Gasteiger partial charge in [-0.25, -0.2) is 0 Å². The van der Waals surface area contributed by atoms with Crippen LogP contribution in [0.25, 0.3) is 0 Å². The number of piperidine rings is 1. The minimum atomic E-state index is -0.406. The lowest BCUT2D eigenvalue weighted by Gasteiger charge is -2.28. The summed E-state index contributed by atoms with van der Waals surface area (Å²) in [6, 6.07) is 10.4. The molecule has 0 atom stereocenters. The summed E-state index contributed by atoms with van der Waals surface area (Å²) >= 11 is 0. The maximum Gasteiger partial charge on any atom is 0.293 e. The Morgan fingerprint density at radius 3 is 2.42 bits per heavy atom. The molecule has 2 aromatic carbocycles. The zero-order valence-corrected chi connectivity index (χ0v) is 15.1. The van der Waals surface area contributed by atoms with Gasteiger partial charge in [0, 0.05) is 30.4 Å². The number of rotatable bonds is 4. The number of carbonyl (C=O) groups excluding carboxylic acids is 1. The van der Waals surface area contributed by atoms with Gasteiger partial charge in [0.1, 0.15) is 5.69 Å². The standard InChI is InChI=1S/C20H23N3O3/c1-14-6-8-17(12-15(14)2)21-20(24)16-7-9-18(19(13-16)23(25)26)22-10-4-3-5-11-22/h6-9,12-13H,3-5,10-11H2,1-2H3,(H,21,24). The number of aryl methyl sites for hydroxylation is 2. The Kier molecular flexibility index (Phi) is 5.21. The highest BCUT2D eigenvalue weighted by Crippen LogP contribution is 2.31. The van der Waals surface area contributed by atoms with Crippen molar-refractivity contribution in [2.75, 3.05) is 23.3 Å². The Hall–Kier alpha value is -2.89. The lowest BCUT2D eigenvalue weighted by atomic mass is 10.1. The first-order chi connectivity index (χ1) is 12.5. The molecule has 26 heavy (non-hydrogen) atoms. The number of nitro groups is 1. The monoisotopic (exact) mass is 353 g/mol. The maximum atomic E-state index is 12.5. The summed E-state index contributed by atoms with van der Waals surface area (Å²) in [6.07, 6.45) is 3.22. The van der Waals surface area contributed by atoms with E-state index < -0.39 is 4.92 Å². The minimum Gasteiger partial charge on any atom is -0.366 e. The van der Waals surface area contributed by atoms with Gasteiger partial charge in [0.05, 0.1) is 4.92 Å². The molecule has 1 heterocycles. The van der Waals surface area contributed by atoms with Gasteiger partial charge in [-0.3, -0.25) is 14.9 Å². The molecule has 1 amide bonds. The Morgan fingerprint density at radius 2 is 1.77 bits per heavy atom. The van der Waals surface area contributed by atoms with E-state index in [0.717, 1.165) is 43.5 Å². The molecule has 0 spiro atoms. The van der Waals surface area contributed by atoms with Crippen LogP contribution in [0.15, 0.2) is 36.4 Å². The van der Waals surface area contributed by atoms with Crippen molar-refractivity contribution in [2.24, 2.45) is 0 Å². The summed E-state index contributed by atoms with van der Waals surface area (Å²) in [5.74, 6) is -0.346. The summed E-state index contributed by atoms with van der Waals surface area (Å²) < 4.78 is 0. The summed E-state index contributed by atoms with van der Waals surface area (Å²) in [6.45, 7) is 5.61. The number of benzene rings is 2. The van der Waals surface area contributed by atoms with Gasteiger partial charge in [-0.2, -0.15) is 0 Å². The first-order valence-electron chi connectivity index (χ1n) is 8.88. The average molecular weight is 353 g/mol. The van der Waals surface area contributed by atoms with Crippen molar-refractivity contribution in [3.05, 3.63) is 63.2 Å². The van der Waals surface area contributed by atoms with Gasteiger partial charge in [0.15, 0.2) is 0 Å². The maximum absolute atomic E-state index is 12.5. The highest BCUT2D eigenvalue weighted by Gasteiger charge is 2.23. The summed E-state index contributed by atoms with van der Waals surface area (Å²) in [4.78, 5) is 25.7. The molecule has 6 nitrogen and oxygen atoms in total. The normalized spacial score (nSPS) is 14.2. The lowest BCUT2D eigenvalue weighted by molar-refractivity contribution is -0.384. The van der Waals surface area contributed by atoms with Crippen LogP contribution in [0, 0.1) is 24.0 Å². The molecular weight excluding hydrogens is 330 g/mol. The fraction of sp³-hybridized carbons (Fsp3) is 0.350. The minimum absolute atomic E-state index is 0.0142. The number of carbonyl (C=O) groups is 1. The quantitative estimate of drug-likeness (QED) is 0.651. The number of nitro benzene ring substituents is 1. The fourth-order valence-electron chi connectivity index (χ4n) is 3.24. The van der Waals surface area contributed by atoms with E-state index in [0.29, 0.717) is 11.4 Å². The van der Waals surface area contributed by atoms with Crippen LogP contribution in [0.5, 0.6) is 0 Å². The third-order valence-corrected chi connectivity index (χ3v) is 4.90. The molecule has 6 heteroatoms. The molecule has 1 aliphatic rings. The molecule has 0 aromatic heterocycles. The number of nitrogens with zero attached hydrogens (tertiary/aromatic N) is 2. The van der Waals surface area contributed by atoms with Gasteiger partial charge in [0.2, 0.25) is 0 Å². The first-order valence-corrected chi connectivity index (χ1v) is 8.88. The van der Waals surface area contributed by atoms with Gasteiger partial charge >= 0.3 is 0 Å². The molecule has 136 valence electrons. The predicted molar refractivity (Wildman–Crippen MR) is 103 cm³/mol. The second-order valence-electron chi connectivity index (χ2n) is 6.76. The zero-order valence-electron chi connectivity index (χ0n) is 15.1. The molecule has 0 radical (unpaired) electrons. The van der Waals surface area contributed by atoms with E-state index in [4.69, 9.17) is 0 Å². The van der Waals surface area contributed by atoms with Crippen LogP contribution in [0.3, 0.4) is 0 Å². The molecule has 1 aliphatic heterocycles. The molecule has 3 rings (SSSR count). The first kappa shape index (κ1) is 17.9. The van der Waals surface area contributed by atoms with Crippen molar-refractivity contribution in [1.29, 1.82) is 0 Å². The van der Waals surface area contributed by atoms with Crippen LogP contribution in [0.1, 0.15) is 40.7 Å². The zero-order chi connectivity index (χ0) is 18.7. The molecule has 1 fully saturated rings. The number of hydrogen-bond donors (Lipinski definition) is 1. The van der Waals surface area contributed by atoms with Crippen molar-refractivity contribution < 1.29 is 9.72 Å². The topological polar surface area (TPSA) is 75.5 Å². The van der Waals surface area contributed by atoms with E-state index in [1.165, 1.54) is 6.07 Å². The largest absolute Gasteiger partial charge is 0.366 e. The van der Waals surface area contributed by atoms with Crippen LogP contribution in [0.2, 0.25) is 0 Å². The molecular formula is C20H23N3O3. The SMILES string of the molecule is Cc1ccc(NC(=O)c2ccc(N3CCCCC3)c([N+](=O)[O-])c2)cc1C. The van der Waals surface area contributed by atoms with Gasteiger partial charge in [-0.1, -0.05) is 6.07 Å². The van der Waals surface area contributed by atoms with Gasteiger partial charge in [0.25, 0.3) is 11.6 Å². The summed E-state index contributed by atoms with van der Waals surface area (Å²) in [5, 5.41) is 14.3. The van der Waals surface area contributed by atoms with Crippen LogP contribution in [-0.2, 0) is 0 Å². The fourth-order valence-corrected chi connectivity index (χ4v) is 3.24. The van der Waals surface area contributed by atoms with E-state index in [1.54, 1.807) is 12.1 Å². The smallest absolute Gasteiger partial charge is 0.293 e. The summed E-state index contributed by atoms with van der Waals surface area (Å²) in [5.41, 5.74) is 3.77. The van der Waals surface area contributed by atoms with Gasteiger partial charge < -0.3 is 10.2 Å². The van der Waals surface area contributed by atoms with Crippen LogP contribution in [-0.4, -0.2) is 23.9 Å². The van der Waals surface area contributed by atoms with Gasteiger partial charge in [-0.05, 0) is 68.5 Å². The van der Waals surface area contributed by atoms with Crippen LogP contribution in [0.4, 0.5) is 17.1 Å². The van der Waals surface area contributed by atoms with Crippen molar-refractivity contribution in [2.45, 2.75) is 33.1 Å². The van der Waals surface area contributed by atoms with E-state index >= 15 is 0 Å². The predicted octanol–water partition coefficient (Wildman–Crippen LogP) is 4.45. The highest BCUT2D eigenvalue weighted by atomic mass is 16.6. The van der Waals surface area contributed by atoms with Crippen LogP contribution < -0.4 is 10.2 Å². The Labute approximate surface area is 153 Å². The van der Waals surface area contributed by atoms with Crippen molar-refractivity contribution in [3.63, 3.8) is 0 Å². The third kappa shape index (κ3) is 3.85. The molecule has 0 aliphatic carbocycles. The second kappa shape index (κ2) is 7.56. The van der Waals surface area contributed by atoms with E-state index in [2.05, 4.69) is 5.32 Å². The molecule has 0 unspecified atom stereocenters. The lowest BCUT2D eigenvalue weighted by Crippen LogP contribution is -2.30. The number of nitrogens with one attached hydrogen (secondary N) is 1. The Balaban J connectivity index is 1.85. The number of amides is 1. The van der Waals surface area contributed by atoms with Gasteiger partial charge in [-0.15, -0.1) is 0 Å². The number of anilines is 2. The van der Waals surface area contributed by atoms with Crippen molar-refractivity contribution in [3.8, 4) is 0 Å². The molecule has 1 N–H and O–H groups in total. The molecule has 2 aromatic rings. The van der Waals surface area contributed by atoms with Crippen molar-refractivity contribution >= 4 is 23.0 Å². The Bertz CT molecular complexity index is 842. The highest BCUT2D eigenvalue weighted by molar-refractivity contribution is 6.05. The van der Waals surface area contributed by atoms with E-state index in [-0.39, 0.29) is 17.2 Å². The molecule has 0 bridgehead atoms. The summed E-state index contributed by atoms with van der Waals surface area (Å²) in [7, 11) is 0. The van der Waals surface area contributed by atoms with E-state index in [9.17, 15) is 14.9 Å². The third-order valence-electron chi connectivity index (χ3n) is 4.90. The number of hydrogen-bond acceptors (Lipinski definition) is 4. The molecule has 0 saturated carbocycles. The van der Waals surface area contributed by atoms with Crippen molar-refractivity contribution in [1.82, 2.24) is 0 Å². The Morgan fingerprint density at radius 1 is 1.04 bits per heavy atom. The molecule has 1 saturated heterocycles. The van der Waals surface area contributed by atoms with E-state index in [1.807, 2.05) is 36.9 Å². The second-order valence-corrected chi connectivity index (χ2v) is 6.76. The van der Waals surface area contributed by atoms with Crippen LogP contribution >= 0.6 is 0 Å².